The highest BCUT2D eigenvalue weighted by atomic mass is 16.2. The highest BCUT2D eigenvalue weighted by molar-refractivity contribution is 5.99. The van der Waals surface area contributed by atoms with E-state index in [1.165, 1.54) is 6.42 Å². The van der Waals surface area contributed by atoms with E-state index in [2.05, 4.69) is 25.7 Å². The number of urea groups is 1. The first-order chi connectivity index (χ1) is 12.4. The van der Waals surface area contributed by atoms with Crippen molar-refractivity contribution in [3.63, 3.8) is 0 Å². The fourth-order valence-electron chi connectivity index (χ4n) is 5.34. The number of benzene rings is 2. The molecule has 3 heteroatoms. The molecular weight excluding hydrogens is 320 g/mol. The molecule has 2 aromatic carbocycles. The molecule has 1 saturated heterocycles. The van der Waals surface area contributed by atoms with Crippen molar-refractivity contribution in [2.75, 3.05) is 11.4 Å². The highest BCUT2D eigenvalue weighted by Crippen LogP contribution is 2.53. The van der Waals surface area contributed by atoms with E-state index in [-0.39, 0.29) is 11.4 Å². The standard InChI is InChI=1S/C23H28N2O/c1-22(2)14-20-15-23(3,16-22)17-24(20)21(26)25(18-10-6-4-7-11-18)19-12-8-5-9-13-19/h4-13,20H,14-17H2,1-3H3. The number of para-hydroxylation sites is 2. The molecule has 0 aromatic heterocycles. The van der Waals surface area contributed by atoms with Gasteiger partial charge in [-0.15, -0.1) is 0 Å². The summed E-state index contributed by atoms with van der Waals surface area (Å²) in [5, 5.41) is 0. The Hall–Kier alpha value is -2.29. The summed E-state index contributed by atoms with van der Waals surface area (Å²) in [5.74, 6) is 0. The smallest absolute Gasteiger partial charge is 0.320 e. The van der Waals surface area contributed by atoms with Crippen LogP contribution in [0.25, 0.3) is 0 Å². The summed E-state index contributed by atoms with van der Waals surface area (Å²) in [6.45, 7) is 7.90. The fraction of sp³-hybridized carbons (Fsp3) is 0.435. The van der Waals surface area contributed by atoms with Crippen LogP contribution in [0.2, 0.25) is 0 Å². The molecule has 0 spiro atoms. The van der Waals surface area contributed by atoms with E-state index < -0.39 is 0 Å². The Morgan fingerprint density at radius 3 is 2.00 bits per heavy atom. The van der Waals surface area contributed by atoms with Crippen molar-refractivity contribution < 1.29 is 4.79 Å². The lowest BCUT2D eigenvalue weighted by Crippen LogP contribution is -2.44. The van der Waals surface area contributed by atoms with Crippen LogP contribution in [0.4, 0.5) is 16.2 Å². The molecule has 2 fully saturated rings. The third kappa shape index (κ3) is 3.11. The lowest BCUT2D eigenvalue weighted by molar-refractivity contribution is 0.130. The number of carbonyl (C=O) groups excluding carboxylic acids is 1. The molecule has 2 bridgehead atoms. The van der Waals surface area contributed by atoms with E-state index in [0.29, 0.717) is 11.5 Å². The molecule has 2 aliphatic rings. The molecule has 26 heavy (non-hydrogen) atoms. The van der Waals surface area contributed by atoms with Gasteiger partial charge in [0.15, 0.2) is 0 Å². The number of likely N-dealkylation sites (tertiary alicyclic amines) is 1. The van der Waals surface area contributed by atoms with E-state index in [1.54, 1.807) is 0 Å². The number of nitrogens with zero attached hydrogens (tertiary/aromatic N) is 2. The van der Waals surface area contributed by atoms with Crippen molar-refractivity contribution in [2.45, 2.75) is 46.1 Å². The first-order valence-corrected chi connectivity index (χ1v) is 9.58. The number of rotatable bonds is 2. The van der Waals surface area contributed by atoms with E-state index in [1.807, 2.05) is 65.6 Å². The number of amides is 2. The third-order valence-corrected chi connectivity index (χ3v) is 5.88. The van der Waals surface area contributed by atoms with Crippen LogP contribution in [-0.4, -0.2) is 23.5 Å². The number of fused-ring (bicyclic) bond motifs is 2. The van der Waals surface area contributed by atoms with Crippen LogP contribution >= 0.6 is 0 Å². The van der Waals surface area contributed by atoms with E-state index in [0.717, 1.165) is 30.8 Å². The minimum absolute atomic E-state index is 0.105. The molecule has 0 radical (unpaired) electrons. The zero-order chi connectivity index (χ0) is 18.4. The molecule has 2 atom stereocenters. The minimum Gasteiger partial charge on any atom is -0.320 e. The molecule has 1 saturated carbocycles. The number of hydrogen-bond donors (Lipinski definition) is 0. The summed E-state index contributed by atoms with van der Waals surface area (Å²) in [7, 11) is 0. The van der Waals surface area contributed by atoms with Crippen LogP contribution < -0.4 is 4.90 Å². The van der Waals surface area contributed by atoms with Crippen molar-refractivity contribution in [1.82, 2.24) is 4.90 Å². The first kappa shape index (κ1) is 17.1. The van der Waals surface area contributed by atoms with Crippen molar-refractivity contribution in [3.8, 4) is 0 Å². The molecule has 1 aliphatic heterocycles. The number of carbonyl (C=O) groups is 1. The highest BCUT2D eigenvalue weighted by Gasteiger charge is 2.51. The Kier molecular flexibility index (Phi) is 4.06. The van der Waals surface area contributed by atoms with Crippen LogP contribution in [0.5, 0.6) is 0 Å². The SMILES string of the molecule is CC1(C)CC2CC(C)(CN2C(=O)N(c2ccccc2)c2ccccc2)C1. The molecule has 136 valence electrons. The molecule has 2 aromatic rings. The molecule has 2 amide bonds. The van der Waals surface area contributed by atoms with Crippen molar-refractivity contribution >= 4 is 17.4 Å². The Morgan fingerprint density at radius 2 is 1.46 bits per heavy atom. The van der Waals surface area contributed by atoms with Gasteiger partial charge in [-0.1, -0.05) is 57.2 Å². The summed E-state index contributed by atoms with van der Waals surface area (Å²) < 4.78 is 0. The van der Waals surface area contributed by atoms with Gasteiger partial charge in [-0.2, -0.15) is 0 Å². The van der Waals surface area contributed by atoms with Gasteiger partial charge in [0.2, 0.25) is 0 Å². The second kappa shape index (κ2) is 6.15. The van der Waals surface area contributed by atoms with Crippen LogP contribution in [0.1, 0.15) is 40.0 Å². The topological polar surface area (TPSA) is 23.6 Å². The molecule has 1 heterocycles. The molecular formula is C23H28N2O. The zero-order valence-corrected chi connectivity index (χ0v) is 16.0. The molecule has 3 nitrogen and oxygen atoms in total. The maximum Gasteiger partial charge on any atom is 0.329 e. The Balaban J connectivity index is 1.70. The van der Waals surface area contributed by atoms with Gasteiger partial charge in [-0.3, -0.25) is 4.90 Å². The predicted octanol–water partition coefficient (Wildman–Crippen LogP) is 5.85. The third-order valence-electron chi connectivity index (χ3n) is 5.88. The fourth-order valence-corrected chi connectivity index (χ4v) is 5.34. The van der Waals surface area contributed by atoms with Gasteiger partial charge in [-0.05, 0) is 54.4 Å². The van der Waals surface area contributed by atoms with Crippen molar-refractivity contribution in [2.24, 2.45) is 10.8 Å². The maximum absolute atomic E-state index is 13.7. The zero-order valence-electron chi connectivity index (χ0n) is 16.0. The van der Waals surface area contributed by atoms with Crippen LogP contribution in [0.15, 0.2) is 60.7 Å². The maximum atomic E-state index is 13.7. The average molecular weight is 348 g/mol. The Labute approximate surface area is 156 Å². The van der Waals surface area contributed by atoms with Gasteiger partial charge < -0.3 is 4.90 Å². The second-order valence-corrected chi connectivity index (χ2v) is 9.13. The quantitative estimate of drug-likeness (QED) is 0.668. The summed E-state index contributed by atoms with van der Waals surface area (Å²) in [6, 6.07) is 20.4. The van der Waals surface area contributed by atoms with Crippen LogP contribution in [0.3, 0.4) is 0 Å². The number of anilines is 2. The molecule has 1 aliphatic carbocycles. The van der Waals surface area contributed by atoms with E-state index in [4.69, 9.17) is 0 Å². The summed E-state index contributed by atoms with van der Waals surface area (Å²) in [6.07, 6.45) is 3.41. The van der Waals surface area contributed by atoms with E-state index in [9.17, 15) is 4.79 Å². The summed E-state index contributed by atoms with van der Waals surface area (Å²) in [4.78, 5) is 17.7. The average Bonchev–Trinajstić information content (AvgIpc) is 2.86. The van der Waals surface area contributed by atoms with Crippen LogP contribution in [-0.2, 0) is 0 Å². The molecule has 2 unspecified atom stereocenters. The van der Waals surface area contributed by atoms with E-state index >= 15 is 0 Å². The number of hydrogen-bond acceptors (Lipinski definition) is 1. The van der Waals surface area contributed by atoms with Gasteiger partial charge in [0.05, 0.1) is 11.4 Å². The largest absolute Gasteiger partial charge is 0.329 e. The van der Waals surface area contributed by atoms with Gasteiger partial charge >= 0.3 is 6.03 Å². The summed E-state index contributed by atoms with van der Waals surface area (Å²) >= 11 is 0. The predicted molar refractivity (Wildman–Crippen MR) is 107 cm³/mol. The van der Waals surface area contributed by atoms with Gasteiger partial charge in [0.25, 0.3) is 0 Å². The monoisotopic (exact) mass is 348 g/mol. The van der Waals surface area contributed by atoms with Crippen LogP contribution in [0, 0.1) is 10.8 Å². The Morgan fingerprint density at radius 1 is 0.923 bits per heavy atom. The lowest BCUT2D eigenvalue weighted by atomic mass is 9.65. The summed E-state index contributed by atoms with van der Waals surface area (Å²) in [5.41, 5.74) is 2.39. The minimum atomic E-state index is 0.105. The van der Waals surface area contributed by atoms with Gasteiger partial charge in [-0.25, -0.2) is 4.79 Å². The van der Waals surface area contributed by atoms with Gasteiger partial charge in [0.1, 0.15) is 0 Å². The second-order valence-electron chi connectivity index (χ2n) is 9.13. The molecule has 4 rings (SSSR count). The molecule has 0 N–H and O–H groups in total. The Bertz CT molecular complexity index is 747. The van der Waals surface area contributed by atoms with Crippen molar-refractivity contribution in [3.05, 3.63) is 60.7 Å². The normalized spacial score (nSPS) is 26.6. The first-order valence-electron chi connectivity index (χ1n) is 9.58. The van der Waals surface area contributed by atoms with Gasteiger partial charge in [0, 0.05) is 12.6 Å². The lowest BCUT2D eigenvalue weighted by Gasteiger charge is -2.39. The van der Waals surface area contributed by atoms with Crippen molar-refractivity contribution in [1.29, 1.82) is 0 Å².